The van der Waals surface area contributed by atoms with E-state index in [9.17, 15) is 0 Å². The van der Waals surface area contributed by atoms with E-state index in [1.165, 1.54) is 5.56 Å². The van der Waals surface area contributed by atoms with E-state index in [0.717, 1.165) is 24.7 Å². The van der Waals surface area contributed by atoms with Crippen LogP contribution in [0.25, 0.3) is 0 Å². The third kappa shape index (κ3) is 9.18. The monoisotopic (exact) mass is 323 g/mol. The summed E-state index contributed by atoms with van der Waals surface area (Å²) >= 11 is 0. The maximum Gasteiger partial charge on any atom is 0.191 e. The summed E-state index contributed by atoms with van der Waals surface area (Å²) in [5.74, 6) is 0.764. The van der Waals surface area contributed by atoms with E-state index in [0.29, 0.717) is 33.0 Å². The van der Waals surface area contributed by atoms with Crippen molar-refractivity contribution in [2.75, 3.05) is 47.1 Å². The molecule has 0 aliphatic heterocycles. The summed E-state index contributed by atoms with van der Waals surface area (Å²) in [5, 5.41) is 6.46. The minimum absolute atomic E-state index is 0.599. The smallest absolute Gasteiger partial charge is 0.191 e. The van der Waals surface area contributed by atoms with Gasteiger partial charge in [0.25, 0.3) is 0 Å². The average molecular weight is 323 g/mol. The van der Waals surface area contributed by atoms with Crippen LogP contribution in [0.1, 0.15) is 18.1 Å². The zero-order valence-corrected chi connectivity index (χ0v) is 14.4. The zero-order valence-electron chi connectivity index (χ0n) is 14.4. The number of nitrogens with one attached hydrogen (secondary N) is 2. The van der Waals surface area contributed by atoms with Crippen molar-refractivity contribution in [3.05, 3.63) is 35.4 Å². The van der Waals surface area contributed by atoms with E-state index in [1.807, 2.05) is 13.0 Å². The summed E-state index contributed by atoms with van der Waals surface area (Å²) < 4.78 is 15.9. The molecule has 1 rings (SSSR count). The minimum atomic E-state index is 0.599. The first-order valence-electron chi connectivity index (χ1n) is 7.97. The third-order valence-electron chi connectivity index (χ3n) is 3.12. The van der Waals surface area contributed by atoms with Gasteiger partial charge in [-0.3, -0.25) is 4.99 Å². The van der Waals surface area contributed by atoms with E-state index in [4.69, 9.17) is 14.2 Å². The number of methoxy groups -OCH3 is 1. The molecular formula is C17H29N3O3. The molecule has 6 heteroatoms. The molecule has 0 heterocycles. The molecule has 0 spiro atoms. The second kappa shape index (κ2) is 12.9. The fourth-order valence-electron chi connectivity index (χ4n) is 1.96. The number of guanidine groups is 1. The highest BCUT2D eigenvalue weighted by atomic mass is 16.5. The molecule has 1 aromatic rings. The number of ether oxygens (including phenoxy) is 3. The normalized spacial score (nSPS) is 11.5. The van der Waals surface area contributed by atoms with Crippen molar-refractivity contribution < 1.29 is 14.2 Å². The lowest BCUT2D eigenvalue weighted by atomic mass is 10.1. The highest BCUT2D eigenvalue weighted by molar-refractivity contribution is 5.79. The van der Waals surface area contributed by atoms with Gasteiger partial charge in [0, 0.05) is 33.9 Å². The lowest BCUT2D eigenvalue weighted by Gasteiger charge is -2.12. The average Bonchev–Trinajstić information content (AvgIpc) is 2.58. The maximum absolute atomic E-state index is 5.59. The summed E-state index contributed by atoms with van der Waals surface area (Å²) in [6, 6.07) is 8.32. The van der Waals surface area contributed by atoms with Crippen molar-refractivity contribution in [2.45, 2.75) is 20.1 Å². The molecule has 0 unspecified atom stereocenters. The van der Waals surface area contributed by atoms with Gasteiger partial charge in [-0.15, -0.1) is 0 Å². The lowest BCUT2D eigenvalue weighted by molar-refractivity contribution is 0.0453. The molecule has 0 atom stereocenters. The van der Waals surface area contributed by atoms with Gasteiger partial charge in [-0.25, -0.2) is 0 Å². The molecule has 0 aliphatic carbocycles. The number of hydrogen-bond donors (Lipinski definition) is 2. The van der Waals surface area contributed by atoms with Crippen LogP contribution in [0.15, 0.2) is 29.3 Å². The number of aliphatic imine (C=N–C) groups is 1. The van der Waals surface area contributed by atoms with Crippen molar-refractivity contribution in [1.82, 2.24) is 10.6 Å². The van der Waals surface area contributed by atoms with Gasteiger partial charge in [0.15, 0.2) is 5.96 Å². The Morgan fingerprint density at radius 1 is 1.09 bits per heavy atom. The van der Waals surface area contributed by atoms with Gasteiger partial charge < -0.3 is 24.8 Å². The van der Waals surface area contributed by atoms with Gasteiger partial charge in [-0.1, -0.05) is 24.3 Å². The molecule has 0 amide bonds. The topological polar surface area (TPSA) is 64.1 Å². The Balaban J connectivity index is 2.35. The van der Waals surface area contributed by atoms with Crippen LogP contribution in [0, 0.1) is 0 Å². The van der Waals surface area contributed by atoms with Gasteiger partial charge in [-0.05, 0) is 18.1 Å². The second-order valence-electron chi connectivity index (χ2n) is 4.91. The van der Waals surface area contributed by atoms with Crippen LogP contribution in [0.5, 0.6) is 0 Å². The molecule has 6 nitrogen and oxygen atoms in total. The summed E-state index contributed by atoms with van der Waals surface area (Å²) in [6.45, 7) is 6.65. The van der Waals surface area contributed by atoms with Gasteiger partial charge in [0.2, 0.25) is 0 Å². The van der Waals surface area contributed by atoms with Crippen LogP contribution >= 0.6 is 0 Å². The van der Waals surface area contributed by atoms with Crippen LogP contribution < -0.4 is 10.6 Å². The third-order valence-corrected chi connectivity index (χ3v) is 3.12. The maximum atomic E-state index is 5.59. The second-order valence-corrected chi connectivity index (χ2v) is 4.91. The van der Waals surface area contributed by atoms with E-state index in [2.05, 4.69) is 33.8 Å². The molecule has 1 aromatic carbocycles. The van der Waals surface area contributed by atoms with Crippen molar-refractivity contribution in [3.8, 4) is 0 Å². The van der Waals surface area contributed by atoms with Gasteiger partial charge >= 0.3 is 0 Å². The molecule has 0 aromatic heterocycles. The Bertz CT molecular complexity index is 452. The van der Waals surface area contributed by atoms with Crippen molar-refractivity contribution >= 4 is 5.96 Å². The molecule has 0 fully saturated rings. The highest BCUT2D eigenvalue weighted by Crippen LogP contribution is 2.06. The fraction of sp³-hybridized carbons (Fsp3) is 0.588. The van der Waals surface area contributed by atoms with E-state index < -0.39 is 0 Å². The fourth-order valence-corrected chi connectivity index (χ4v) is 1.96. The number of benzene rings is 1. The molecule has 0 bridgehead atoms. The van der Waals surface area contributed by atoms with Crippen molar-refractivity contribution in [2.24, 2.45) is 4.99 Å². The van der Waals surface area contributed by atoms with Crippen molar-refractivity contribution in [3.63, 3.8) is 0 Å². The molecule has 2 N–H and O–H groups in total. The summed E-state index contributed by atoms with van der Waals surface area (Å²) in [5.41, 5.74) is 2.34. The predicted octanol–water partition coefficient (Wildman–Crippen LogP) is 1.55. The van der Waals surface area contributed by atoms with Gasteiger partial charge in [0.05, 0.1) is 26.4 Å². The zero-order chi connectivity index (χ0) is 16.8. The quantitative estimate of drug-likeness (QED) is 0.367. The van der Waals surface area contributed by atoms with Crippen LogP contribution in [-0.2, 0) is 27.4 Å². The first kappa shape index (κ1) is 19.4. The lowest BCUT2D eigenvalue weighted by Crippen LogP contribution is -2.38. The van der Waals surface area contributed by atoms with Crippen LogP contribution in [-0.4, -0.2) is 53.1 Å². The van der Waals surface area contributed by atoms with Gasteiger partial charge in [0.1, 0.15) is 0 Å². The SMILES string of the molecule is CCOCCOCc1cccc(CNC(=NC)NCCOC)c1. The first-order valence-corrected chi connectivity index (χ1v) is 7.97. The molecule has 0 aliphatic rings. The largest absolute Gasteiger partial charge is 0.383 e. The van der Waals surface area contributed by atoms with E-state index in [-0.39, 0.29) is 0 Å². The highest BCUT2D eigenvalue weighted by Gasteiger charge is 2.00. The van der Waals surface area contributed by atoms with Crippen molar-refractivity contribution in [1.29, 1.82) is 0 Å². The molecule has 0 radical (unpaired) electrons. The molecular weight excluding hydrogens is 294 g/mol. The summed E-state index contributed by atoms with van der Waals surface area (Å²) in [6.07, 6.45) is 0. The Kier molecular flexibility index (Phi) is 10.9. The van der Waals surface area contributed by atoms with Crippen LogP contribution in [0.3, 0.4) is 0 Å². The number of hydrogen-bond acceptors (Lipinski definition) is 4. The van der Waals surface area contributed by atoms with Crippen LogP contribution in [0.2, 0.25) is 0 Å². The van der Waals surface area contributed by atoms with E-state index >= 15 is 0 Å². The molecule has 23 heavy (non-hydrogen) atoms. The number of rotatable bonds is 11. The summed E-state index contributed by atoms with van der Waals surface area (Å²) in [4.78, 5) is 4.18. The number of nitrogens with zero attached hydrogens (tertiary/aromatic N) is 1. The Morgan fingerprint density at radius 2 is 1.87 bits per heavy atom. The molecule has 0 saturated heterocycles. The Labute approximate surface area is 139 Å². The first-order chi connectivity index (χ1) is 11.3. The van der Waals surface area contributed by atoms with Gasteiger partial charge in [-0.2, -0.15) is 0 Å². The predicted molar refractivity (Wildman–Crippen MR) is 92.7 cm³/mol. The van der Waals surface area contributed by atoms with E-state index in [1.54, 1.807) is 14.2 Å². The minimum Gasteiger partial charge on any atom is -0.383 e. The standard InChI is InChI=1S/C17H29N3O3/c1-4-22-10-11-23-14-16-7-5-6-15(12-16)13-20-17(18-2)19-8-9-21-3/h5-7,12H,4,8-11,13-14H2,1-3H3,(H2,18,19,20). The molecule has 0 saturated carbocycles. The Hall–Kier alpha value is -1.63. The Morgan fingerprint density at radius 3 is 2.61 bits per heavy atom. The van der Waals surface area contributed by atoms with Crippen LogP contribution in [0.4, 0.5) is 0 Å². The summed E-state index contributed by atoms with van der Waals surface area (Å²) in [7, 11) is 3.44. The molecule has 130 valence electrons.